The van der Waals surface area contributed by atoms with E-state index in [9.17, 15) is 9.90 Å². The van der Waals surface area contributed by atoms with Crippen molar-refractivity contribution in [1.29, 1.82) is 0 Å². The Morgan fingerprint density at radius 3 is 2.24 bits per heavy atom. The van der Waals surface area contributed by atoms with Gasteiger partial charge >= 0.3 is 0 Å². The van der Waals surface area contributed by atoms with Crippen LogP contribution in [0.2, 0.25) is 0 Å². The van der Waals surface area contributed by atoms with E-state index in [0.717, 1.165) is 4.47 Å². The van der Waals surface area contributed by atoms with Crippen molar-refractivity contribution in [3.8, 4) is 5.75 Å². The fourth-order valence-electron chi connectivity index (χ4n) is 1.72. The molecule has 4 nitrogen and oxygen atoms in total. The van der Waals surface area contributed by atoms with E-state index in [1.54, 1.807) is 24.3 Å². The summed E-state index contributed by atoms with van der Waals surface area (Å²) < 4.78 is 1.46. The first-order valence-corrected chi connectivity index (χ1v) is 7.77. The molecule has 7 heteroatoms. The lowest BCUT2D eigenvalue weighted by atomic mass is 10.1. The van der Waals surface area contributed by atoms with Crippen molar-refractivity contribution in [2.24, 2.45) is 5.73 Å². The van der Waals surface area contributed by atoms with Gasteiger partial charge < -0.3 is 16.2 Å². The summed E-state index contributed by atoms with van der Waals surface area (Å²) in [5.74, 6) is -0.565. The van der Waals surface area contributed by atoms with Crippen LogP contribution in [0.15, 0.2) is 45.3 Å². The van der Waals surface area contributed by atoms with Crippen molar-refractivity contribution >= 4 is 60.7 Å². The second kappa shape index (κ2) is 6.55. The summed E-state index contributed by atoms with van der Waals surface area (Å²) in [7, 11) is 0. The molecule has 0 heterocycles. The number of phenolic OH excluding ortho intramolecular Hbond substituents is 1. The van der Waals surface area contributed by atoms with E-state index in [1.165, 1.54) is 12.1 Å². The first-order valence-electron chi connectivity index (χ1n) is 5.77. The fraction of sp³-hybridized carbons (Fsp3) is 0. The van der Waals surface area contributed by atoms with Crippen molar-refractivity contribution in [2.75, 3.05) is 5.32 Å². The SMILES string of the molecule is NC(=S)c1ccc(Br)cc1NC(=O)c1ccc(Br)cc1O. The van der Waals surface area contributed by atoms with E-state index in [1.807, 2.05) is 0 Å². The predicted octanol–water partition coefficient (Wildman–Crippen LogP) is 3.80. The number of carbonyl (C=O) groups is 1. The lowest BCUT2D eigenvalue weighted by Crippen LogP contribution is -2.17. The number of halogens is 2. The number of thiocarbonyl (C=S) groups is 1. The van der Waals surface area contributed by atoms with Gasteiger partial charge in [-0.1, -0.05) is 44.1 Å². The second-order valence-electron chi connectivity index (χ2n) is 4.17. The zero-order chi connectivity index (χ0) is 15.6. The highest BCUT2D eigenvalue weighted by Crippen LogP contribution is 2.26. The van der Waals surface area contributed by atoms with Crippen LogP contribution in [0.4, 0.5) is 5.69 Å². The molecule has 0 saturated heterocycles. The third-order valence-corrected chi connectivity index (χ3v) is 3.91. The van der Waals surface area contributed by atoms with Crippen LogP contribution >= 0.6 is 44.1 Å². The van der Waals surface area contributed by atoms with Gasteiger partial charge in [0.05, 0.1) is 11.3 Å². The third kappa shape index (κ3) is 3.81. The fourth-order valence-corrected chi connectivity index (χ4v) is 2.61. The lowest BCUT2D eigenvalue weighted by Gasteiger charge is -2.11. The number of phenols is 1. The molecule has 21 heavy (non-hydrogen) atoms. The summed E-state index contributed by atoms with van der Waals surface area (Å²) >= 11 is 11.5. The van der Waals surface area contributed by atoms with Crippen molar-refractivity contribution in [2.45, 2.75) is 0 Å². The number of nitrogens with one attached hydrogen (secondary N) is 1. The molecule has 0 spiro atoms. The summed E-state index contributed by atoms with van der Waals surface area (Å²) in [6, 6.07) is 9.83. The van der Waals surface area contributed by atoms with Gasteiger partial charge in [-0.3, -0.25) is 4.79 Å². The largest absolute Gasteiger partial charge is 0.507 e. The number of nitrogens with two attached hydrogens (primary N) is 1. The van der Waals surface area contributed by atoms with Crippen LogP contribution in [0, 0.1) is 0 Å². The molecule has 0 bridgehead atoms. The van der Waals surface area contributed by atoms with Gasteiger partial charge in [-0.2, -0.15) is 0 Å². The van der Waals surface area contributed by atoms with E-state index in [-0.39, 0.29) is 16.3 Å². The number of amides is 1. The molecule has 108 valence electrons. The monoisotopic (exact) mass is 428 g/mol. The number of carbonyl (C=O) groups excluding carboxylic acids is 1. The summed E-state index contributed by atoms with van der Waals surface area (Å²) in [6.07, 6.45) is 0. The van der Waals surface area contributed by atoms with Gasteiger partial charge in [0.2, 0.25) is 0 Å². The number of hydrogen-bond donors (Lipinski definition) is 3. The zero-order valence-corrected chi connectivity index (χ0v) is 14.5. The maximum atomic E-state index is 12.2. The Labute approximate surface area is 143 Å². The molecular formula is C14H10Br2N2O2S. The van der Waals surface area contributed by atoms with Gasteiger partial charge in [0.15, 0.2) is 0 Å². The van der Waals surface area contributed by atoms with Gasteiger partial charge in [0.1, 0.15) is 10.7 Å². The Morgan fingerprint density at radius 2 is 1.67 bits per heavy atom. The first-order chi connectivity index (χ1) is 9.88. The average Bonchev–Trinajstić information content (AvgIpc) is 2.37. The minimum Gasteiger partial charge on any atom is -0.507 e. The summed E-state index contributed by atoms with van der Waals surface area (Å²) in [5, 5.41) is 12.5. The van der Waals surface area contributed by atoms with E-state index in [0.29, 0.717) is 15.7 Å². The third-order valence-electron chi connectivity index (χ3n) is 2.70. The molecule has 0 saturated carbocycles. The van der Waals surface area contributed by atoms with Gasteiger partial charge in [-0.15, -0.1) is 0 Å². The number of hydrogen-bond acceptors (Lipinski definition) is 3. The number of rotatable bonds is 3. The minimum absolute atomic E-state index is 0.117. The highest BCUT2D eigenvalue weighted by atomic mass is 79.9. The first kappa shape index (κ1) is 15.9. The smallest absolute Gasteiger partial charge is 0.259 e. The van der Waals surface area contributed by atoms with Crippen LogP contribution in [0.25, 0.3) is 0 Å². The molecule has 1 amide bonds. The molecule has 0 fully saturated rings. The van der Waals surface area contributed by atoms with Gasteiger partial charge in [-0.05, 0) is 36.4 Å². The maximum absolute atomic E-state index is 12.2. The quantitative estimate of drug-likeness (QED) is 0.648. The number of anilines is 1. The summed E-state index contributed by atoms with van der Waals surface area (Å²) in [5.41, 5.74) is 6.83. The standard InChI is InChI=1S/C14H10Br2N2O2S/c15-7-1-3-9(13(17)21)11(5-7)18-14(20)10-4-2-8(16)6-12(10)19/h1-6,19H,(H2,17,21)(H,18,20). The topological polar surface area (TPSA) is 75.3 Å². The van der Waals surface area contributed by atoms with Gasteiger partial charge in [-0.25, -0.2) is 0 Å². The summed E-state index contributed by atoms with van der Waals surface area (Å²) in [6.45, 7) is 0. The molecule has 2 aromatic carbocycles. The molecule has 2 aromatic rings. The summed E-state index contributed by atoms with van der Waals surface area (Å²) in [4.78, 5) is 12.4. The normalized spacial score (nSPS) is 10.2. The Kier molecular flexibility index (Phi) is 4.97. The molecule has 0 aromatic heterocycles. The van der Waals surface area contributed by atoms with Crippen molar-refractivity contribution in [3.63, 3.8) is 0 Å². The molecule has 0 unspecified atom stereocenters. The molecule has 0 atom stereocenters. The van der Waals surface area contributed by atoms with Crippen LogP contribution < -0.4 is 11.1 Å². The van der Waals surface area contributed by atoms with Crippen molar-refractivity contribution in [1.82, 2.24) is 0 Å². The Morgan fingerprint density at radius 1 is 1.10 bits per heavy atom. The van der Waals surface area contributed by atoms with Crippen LogP contribution in [0.5, 0.6) is 5.75 Å². The van der Waals surface area contributed by atoms with Crippen molar-refractivity contribution < 1.29 is 9.90 Å². The molecule has 4 N–H and O–H groups in total. The van der Waals surface area contributed by atoms with Crippen LogP contribution in [-0.4, -0.2) is 16.0 Å². The molecular weight excluding hydrogens is 420 g/mol. The molecule has 0 aliphatic heterocycles. The average molecular weight is 430 g/mol. The highest BCUT2D eigenvalue weighted by molar-refractivity contribution is 9.10. The van der Waals surface area contributed by atoms with E-state index in [4.69, 9.17) is 18.0 Å². The van der Waals surface area contributed by atoms with Crippen LogP contribution in [0.1, 0.15) is 15.9 Å². The Hall–Kier alpha value is -1.44. The van der Waals surface area contributed by atoms with E-state index >= 15 is 0 Å². The molecule has 0 radical (unpaired) electrons. The maximum Gasteiger partial charge on any atom is 0.259 e. The van der Waals surface area contributed by atoms with Crippen LogP contribution in [0.3, 0.4) is 0 Å². The van der Waals surface area contributed by atoms with E-state index < -0.39 is 5.91 Å². The van der Waals surface area contributed by atoms with E-state index in [2.05, 4.69) is 37.2 Å². The number of benzene rings is 2. The Balaban J connectivity index is 2.35. The predicted molar refractivity (Wildman–Crippen MR) is 93.8 cm³/mol. The highest BCUT2D eigenvalue weighted by Gasteiger charge is 2.14. The molecule has 2 rings (SSSR count). The van der Waals surface area contributed by atoms with Gasteiger partial charge in [0.25, 0.3) is 5.91 Å². The molecule has 0 aliphatic carbocycles. The minimum atomic E-state index is -0.449. The van der Waals surface area contributed by atoms with Crippen LogP contribution in [-0.2, 0) is 0 Å². The zero-order valence-electron chi connectivity index (χ0n) is 10.6. The Bertz CT molecular complexity index is 735. The molecule has 0 aliphatic rings. The lowest BCUT2D eigenvalue weighted by molar-refractivity contribution is 0.102. The second-order valence-corrected chi connectivity index (χ2v) is 6.44. The van der Waals surface area contributed by atoms with Gasteiger partial charge in [0, 0.05) is 14.5 Å². The van der Waals surface area contributed by atoms with Crippen molar-refractivity contribution in [3.05, 3.63) is 56.5 Å². The number of aromatic hydroxyl groups is 1.